The molecule has 3 rings (SSSR count). The van der Waals surface area contributed by atoms with Crippen LogP contribution in [-0.4, -0.2) is 35.1 Å². The summed E-state index contributed by atoms with van der Waals surface area (Å²) in [6.45, 7) is 0.917. The Morgan fingerprint density at radius 1 is 1.15 bits per heavy atom. The van der Waals surface area contributed by atoms with E-state index in [0.29, 0.717) is 6.42 Å². The van der Waals surface area contributed by atoms with E-state index < -0.39 is 5.91 Å². The van der Waals surface area contributed by atoms with Crippen LogP contribution in [0.1, 0.15) is 35.3 Å². The van der Waals surface area contributed by atoms with Crippen LogP contribution in [0, 0.1) is 11.8 Å². The van der Waals surface area contributed by atoms with E-state index in [1.165, 1.54) is 12.1 Å². The number of aromatic amines is 1. The van der Waals surface area contributed by atoms with Crippen molar-refractivity contribution >= 4 is 17.5 Å². The zero-order chi connectivity index (χ0) is 18.4. The van der Waals surface area contributed by atoms with E-state index in [1.807, 2.05) is 24.3 Å². The summed E-state index contributed by atoms with van der Waals surface area (Å²) in [5.41, 5.74) is 1.45. The topological polar surface area (TPSA) is 95.2 Å². The fraction of sp³-hybridized carbons (Fsp3) is 0.263. The molecule has 1 aromatic carbocycles. The van der Waals surface area contributed by atoms with Crippen LogP contribution in [0.25, 0.3) is 0 Å². The van der Waals surface area contributed by atoms with E-state index in [9.17, 15) is 14.4 Å². The number of carbonyl (C=O) groups is 2. The minimum atomic E-state index is -0.408. The molecule has 0 unspecified atom stereocenters. The second-order valence-corrected chi connectivity index (χ2v) is 5.84. The number of H-pyrrole nitrogens is 1. The highest BCUT2D eigenvalue weighted by molar-refractivity contribution is 5.94. The molecule has 0 atom stereocenters. The fourth-order valence-electron chi connectivity index (χ4n) is 2.64. The summed E-state index contributed by atoms with van der Waals surface area (Å²) in [7, 11) is 0. The predicted octanol–water partition coefficient (Wildman–Crippen LogP) is 1.07. The van der Waals surface area contributed by atoms with Crippen molar-refractivity contribution in [2.75, 3.05) is 18.0 Å². The molecule has 1 aromatic heterocycles. The van der Waals surface area contributed by atoms with Crippen LogP contribution < -0.4 is 15.8 Å². The number of amides is 2. The molecule has 7 heteroatoms. The van der Waals surface area contributed by atoms with Gasteiger partial charge in [0.05, 0.1) is 6.54 Å². The van der Waals surface area contributed by atoms with Gasteiger partial charge in [-0.15, -0.1) is 0 Å². The summed E-state index contributed by atoms with van der Waals surface area (Å²) in [4.78, 5) is 36.5. The van der Waals surface area contributed by atoms with E-state index in [1.54, 1.807) is 4.90 Å². The number of rotatable bonds is 3. The first-order valence-corrected chi connectivity index (χ1v) is 8.37. The Hall–Kier alpha value is -3.40. The molecular formula is C19H18N4O3. The second kappa shape index (κ2) is 8.12. The molecule has 132 valence electrons. The normalized spacial score (nSPS) is 13.7. The van der Waals surface area contributed by atoms with Crippen molar-refractivity contribution in [2.45, 2.75) is 19.3 Å². The number of hydrogen-bond donors (Lipinski definition) is 2. The van der Waals surface area contributed by atoms with Crippen LogP contribution in [0.2, 0.25) is 0 Å². The van der Waals surface area contributed by atoms with Gasteiger partial charge in [-0.25, -0.2) is 5.10 Å². The van der Waals surface area contributed by atoms with Gasteiger partial charge < -0.3 is 10.2 Å². The lowest BCUT2D eigenvalue weighted by atomic mass is 10.1. The Morgan fingerprint density at radius 2 is 1.96 bits per heavy atom. The highest BCUT2D eigenvalue weighted by atomic mass is 16.2. The lowest BCUT2D eigenvalue weighted by Gasteiger charge is -2.26. The number of hydrogen-bond acceptors (Lipinski definition) is 4. The quantitative estimate of drug-likeness (QED) is 0.810. The maximum absolute atomic E-state index is 11.9. The van der Waals surface area contributed by atoms with Crippen LogP contribution in [0.5, 0.6) is 0 Å². The van der Waals surface area contributed by atoms with E-state index in [2.05, 4.69) is 27.4 Å². The van der Waals surface area contributed by atoms with Gasteiger partial charge in [0.25, 0.3) is 11.5 Å². The van der Waals surface area contributed by atoms with Crippen LogP contribution in [0.4, 0.5) is 5.69 Å². The van der Waals surface area contributed by atoms with E-state index >= 15 is 0 Å². The van der Waals surface area contributed by atoms with Gasteiger partial charge in [0.1, 0.15) is 5.69 Å². The van der Waals surface area contributed by atoms with E-state index in [0.717, 1.165) is 30.6 Å². The molecule has 1 aliphatic heterocycles. The van der Waals surface area contributed by atoms with Gasteiger partial charge >= 0.3 is 0 Å². The molecule has 2 aromatic rings. The summed E-state index contributed by atoms with van der Waals surface area (Å²) >= 11 is 0. The zero-order valence-electron chi connectivity index (χ0n) is 14.1. The molecule has 2 N–H and O–H groups in total. The first kappa shape index (κ1) is 17.4. The zero-order valence-corrected chi connectivity index (χ0v) is 14.1. The summed E-state index contributed by atoms with van der Waals surface area (Å²) in [6, 6.07) is 10.1. The largest absolute Gasteiger partial charge is 0.340 e. The Labute approximate surface area is 150 Å². The number of aromatic nitrogens is 2. The minimum absolute atomic E-state index is 0.127. The third kappa shape index (κ3) is 4.36. The number of carbonyl (C=O) groups excluding carboxylic acids is 2. The molecule has 1 saturated heterocycles. The van der Waals surface area contributed by atoms with Crippen molar-refractivity contribution < 1.29 is 9.59 Å². The van der Waals surface area contributed by atoms with Crippen molar-refractivity contribution in [1.29, 1.82) is 0 Å². The lowest BCUT2D eigenvalue weighted by Crippen LogP contribution is -2.35. The van der Waals surface area contributed by atoms with Gasteiger partial charge in [-0.3, -0.25) is 14.4 Å². The Kier molecular flexibility index (Phi) is 5.44. The first-order chi connectivity index (χ1) is 12.6. The van der Waals surface area contributed by atoms with E-state index in [-0.39, 0.29) is 23.7 Å². The molecule has 26 heavy (non-hydrogen) atoms. The Morgan fingerprint density at radius 3 is 2.65 bits per heavy atom. The van der Waals surface area contributed by atoms with Gasteiger partial charge in [-0.2, -0.15) is 5.10 Å². The third-order valence-corrected chi connectivity index (χ3v) is 3.98. The molecule has 0 bridgehead atoms. The molecule has 2 heterocycles. The smallest absolute Gasteiger partial charge is 0.272 e. The average Bonchev–Trinajstić information content (AvgIpc) is 2.67. The monoisotopic (exact) mass is 350 g/mol. The second-order valence-electron chi connectivity index (χ2n) is 5.84. The van der Waals surface area contributed by atoms with Gasteiger partial charge in [0.2, 0.25) is 5.91 Å². The average molecular weight is 350 g/mol. The molecule has 0 spiro atoms. The highest BCUT2D eigenvalue weighted by Crippen LogP contribution is 2.20. The lowest BCUT2D eigenvalue weighted by molar-refractivity contribution is -0.119. The Bertz CT molecular complexity index is 902. The molecule has 0 radical (unpaired) electrons. The summed E-state index contributed by atoms with van der Waals surface area (Å²) in [5.74, 6) is 5.57. The molecule has 2 amide bonds. The molecular weight excluding hydrogens is 332 g/mol. The molecule has 1 fully saturated rings. The predicted molar refractivity (Wildman–Crippen MR) is 96.7 cm³/mol. The Balaban J connectivity index is 1.55. The standard InChI is InChI=1S/C19H18N4O3/c24-17-11-10-16(21-22-17)19(26)20-12-3-4-14-6-8-15(9-7-14)23-13-2-1-5-18(23)25/h6-11H,1-2,5,12-13H2,(H,20,26)(H,22,24). The van der Waals surface area contributed by atoms with E-state index in [4.69, 9.17) is 0 Å². The summed E-state index contributed by atoms with van der Waals surface area (Å²) in [6.07, 6.45) is 2.59. The van der Waals surface area contributed by atoms with Crippen LogP contribution >= 0.6 is 0 Å². The van der Waals surface area contributed by atoms with Crippen molar-refractivity contribution in [3.8, 4) is 11.8 Å². The minimum Gasteiger partial charge on any atom is -0.340 e. The number of benzene rings is 1. The van der Waals surface area contributed by atoms with Gasteiger partial charge in [0.15, 0.2) is 0 Å². The molecule has 1 aliphatic rings. The van der Waals surface area contributed by atoms with Crippen molar-refractivity contribution in [3.05, 3.63) is 58.0 Å². The van der Waals surface area contributed by atoms with Gasteiger partial charge in [-0.05, 0) is 43.2 Å². The maximum Gasteiger partial charge on any atom is 0.272 e. The van der Waals surface area contributed by atoms with Gasteiger partial charge in [-0.1, -0.05) is 11.8 Å². The SMILES string of the molecule is O=C(NCC#Cc1ccc(N2CCCCC2=O)cc1)c1ccc(=O)[nH]n1. The summed E-state index contributed by atoms with van der Waals surface area (Å²) < 4.78 is 0. The maximum atomic E-state index is 11.9. The van der Waals surface area contributed by atoms with Crippen molar-refractivity contribution in [2.24, 2.45) is 0 Å². The highest BCUT2D eigenvalue weighted by Gasteiger charge is 2.19. The fourth-order valence-corrected chi connectivity index (χ4v) is 2.64. The number of nitrogens with zero attached hydrogens (tertiary/aromatic N) is 2. The molecule has 0 aliphatic carbocycles. The number of nitrogens with one attached hydrogen (secondary N) is 2. The van der Waals surface area contributed by atoms with Crippen LogP contribution in [0.15, 0.2) is 41.2 Å². The first-order valence-electron chi connectivity index (χ1n) is 8.37. The van der Waals surface area contributed by atoms with Crippen LogP contribution in [0.3, 0.4) is 0 Å². The van der Waals surface area contributed by atoms with Crippen LogP contribution in [-0.2, 0) is 4.79 Å². The van der Waals surface area contributed by atoms with Crippen molar-refractivity contribution in [1.82, 2.24) is 15.5 Å². The van der Waals surface area contributed by atoms with Crippen molar-refractivity contribution in [3.63, 3.8) is 0 Å². The third-order valence-electron chi connectivity index (χ3n) is 3.98. The van der Waals surface area contributed by atoms with Gasteiger partial charge in [0, 0.05) is 30.3 Å². The molecule has 7 nitrogen and oxygen atoms in total. The molecule has 0 saturated carbocycles. The summed E-state index contributed by atoms with van der Waals surface area (Å²) in [5, 5.41) is 8.46. The number of anilines is 1. The number of piperidine rings is 1.